The van der Waals surface area contributed by atoms with Crippen LogP contribution in [0.15, 0.2) is 61.9 Å². The minimum absolute atomic E-state index is 0.0328. The summed E-state index contributed by atoms with van der Waals surface area (Å²) in [5, 5.41) is 10.5. The van der Waals surface area contributed by atoms with Gasteiger partial charge in [0, 0.05) is 5.02 Å². The molecule has 34 heavy (non-hydrogen) atoms. The lowest BCUT2D eigenvalue weighted by molar-refractivity contribution is -0.139. The van der Waals surface area contributed by atoms with Gasteiger partial charge in [-0.3, -0.25) is 9.36 Å². The van der Waals surface area contributed by atoms with Crippen LogP contribution in [0.5, 0.6) is 11.5 Å². The SMILES string of the molecule is CCOC(=O)C1=C(C)N=c2s/c(=C\c3cc(Br)c(O)c(OC)c3)c(=O)n2[C@H]1c1ccccc1Cl. The first-order chi connectivity index (χ1) is 16.3. The minimum atomic E-state index is -0.785. The van der Waals surface area contributed by atoms with Crippen LogP contribution in [0.4, 0.5) is 0 Å². The molecule has 0 bridgehead atoms. The predicted octanol–water partition coefficient (Wildman–Crippen LogP) is 3.93. The van der Waals surface area contributed by atoms with Gasteiger partial charge < -0.3 is 14.6 Å². The summed E-state index contributed by atoms with van der Waals surface area (Å²) in [5.41, 5.74) is 1.64. The first-order valence-electron chi connectivity index (χ1n) is 10.3. The van der Waals surface area contributed by atoms with E-state index in [0.29, 0.717) is 35.7 Å². The molecule has 7 nitrogen and oxygen atoms in total. The van der Waals surface area contributed by atoms with Gasteiger partial charge in [-0.1, -0.05) is 41.1 Å². The molecule has 1 atom stereocenters. The Morgan fingerprint density at radius 1 is 1.35 bits per heavy atom. The maximum Gasteiger partial charge on any atom is 0.338 e. The average molecular weight is 564 g/mol. The fraction of sp³-hybridized carbons (Fsp3) is 0.208. The van der Waals surface area contributed by atoms with E-state index in [0.717, 1.165) is 0 Å². The van der Waals surface area contributed by atoms with Crippen molar-refractivity contribution in [3.63, 3.8) is 0 Å². The van der Waals surface area contributed by atoms with Crippen LogP contribution in [0, 0.1) is 0 Å². The van der Waals surface area contributed by atoms with Crippen molar-refractivity contribution in [1.82, 2.24) is 4.57 Å². The van der Waals surface area contributed by atoms with Crippen LogP contribution >= 0.6 is 38.9 Å². The van der Waals surface area contributed by atoms with Gasteiger partial charge >= 0.3 is 5.97 Å². The fourth-order valence-corrected chi connectivity index (χ4v) is 5.51. The molecule has 0 saturated heterocycles. The second-order valence-electron chi connectivity index (χ2n) is 7.38. The molecule has 3 aromatic rings. The number of hydrogen-bond donors (Lipinski definition) is 1. The van der Waals surface area contributed by atoms with E-state index in [-0.39, 0.29) is 29.2 Å². The number of allylic oxidation sites excluding steroid dienone is 1. The highest BCUT2D eigenvalue weighted by Gasteiger charge is 2.34. The Balaban J connectivity index is 1.98. The molecule has 1 aliphatic rings. The van der Waals surface area contributed by atoms with Gasteiger partial charge in [-0.05, 0) is 65.2 Å². The minimum Gasteiger partial charge on any atom is -0.503 e. The number of carbonyl (C=O) groups excluding carboxylic acids is 1. The first-order valence-corrected chi connectivity index (χ1v) is 12.3. The molecule has 2 aromatic carbocycles. The Labute approximate surface area is 212 Å². The van der Waals surface area contributed by atoms with Crippen molar-refractivity contribution in [2.75, 3.05) is 13.7 Å². The Morgan fingerprint density at radius 3 is 2.76 bits per heavy atom. The second kappa shape index (κ2) is 9.77. The number of ether oxygens (including phenoxy) is 2. The molecule has 10 heteroatoms. The van der Waals surface area contributed by atoms with E-state index in [4.69, 9.17) is 21.1 Å². The van der Waals surface area contributed by atoms with Crippen LogP contribution in [0.25, 0.3) is 6.08 Å². The molecule has 0 aliphatic carbocycles. The molecule has 4 rings (SSSR count). The lowest BCUT2D eigenvalue weighted by Gasteiger charge is -2.25. The molecule has 0 amide bonds. The lowest BCUT2D eigenvalue weighted by Crippen LogP contribution is -2.40. The number of phenolic OH excluding ortho intramolecular Hbond substituents is 1. The number of rotatable bonds is 5. The molecule has 176 valence electrons. The van der Waals surface area contributed by atoms with Crippen molar-refractivity contribution < 1.29 is 19.4 Å². The Morgan fingerprint density at radius 2 is 2.09 bits per heavy atom. The molecular weight excluding hydrogens is 544 g/mol. The number of hydrogen-bond acceptors (Lipinski definition) is 7. The van der Waals surface area contributed by atoms with Crippen LogP contribution < -0.4 is 19.6 Å². The summed E-state index contributed by atoms with van der Waals surface area (Å²) < 4.78 is 12.8. The smallest absolute Gasteiger partial charge is 0.338 e. The van der Waals surface area contributed by atoms with Gasteiger partial charge in [0.15, 0.2) is 16.3 Å². The standard InChI is InChI=1S/C24H20BrClN2O5S/c1-4-33-23(31)19-12(2)27-24-28(20(19)14-7-5-6-8-16(14)26)22(30)18(34-24)11-13-9-15(25)21(29)17(10-13)32-3/h5-11,20,29H,4H2,1-3H3/b18-11-/t20-/m0/s1. The van der Waals surface area contributed by atoms with Crippen molar-refractivity contribution in [1.29, 1.82) is 0 Å². The highest BCUT2D eigenvalue weighted by atomic mass is 79.9. The third-order valence-corrected chi connectivity index (χ3v) is 7.22. The number of phenols is 1. The van der Waals surface area contributed by atoms with E-state index < -0.39 is 12.0 Å². The van der Waals surface area contributed by atoms with E-state index in [2.05, 4.69) is 20.9 Å². The largest absolute Gasteiger partial charge is 0.503 e. The van der Waals surface area contributed by atoms with E-state index in [1.165, 1.54) is 23.0 Å². The summed E-state index contributed by atoms with van der Waals surface area (Å²) in [6.07, 6.45) is 1.68. The zero-order chi connectivity index (χ0) is 24.6. The van der Waals surface area contributed by atoms with Crippen LogP contribution in [0.2, 0.25) is 5.02 Å². The Hall–Kier alpha value is -2.88. The number of esters is 1. The van der Waals surface area contributed by atoms with Gasteiger partial charge in [0.25, 0.3) is 5.56 Å². The quantitative estimate of drug-likeness (QED) is 0.475. The van der Waals surface area contributed by atoms with Crippen molar-refractivity contribution in [3.05, 3.63) is 88.0 Å². The van der Waals surface area contributed by atoms with E-state index in [1.54, 1.807) is 56.3 Å². The van der Waals surface area contributed by atoms with Crippen LogP contribution in [-0.4, -0.2) is 29.4 Å². The zero-order valence-electron chi connectivity index (χ0n) is 18.5. The highest BCUT2D eigenvalue weighted by Crippen LogP contribution is 2.36. The number of aromatic hydroxyl groups is 1. The summed E-state index contributed by atoms with van der Waals surface area (Å²) in [6.45, 7) is 3.62. The normalized spacial score (nSPS) is 15.7. The molecule has 0 radical (unpaired) electrons. The fourth-order valence-electron chi connectivity index (χ4n) is 3.77. The molecule has 0 fully saturated rings. The molecule has 0 saturated carbocycles. The van der Waals surface area contributed by atoms with E-state index in [9.17, 15) is 14.7 Å². The third-order valence-electron chi connectivity index (χ3n) is 5.29. The number of halogens is 2. The molecule has 1 aromatic heterocycles. The van der Waals surface area contributed by atoms with Gasteiger partial charge in [0.1, 0.15) is 6.04 Å². The van der Waals surface area contributed by atoms with Crippen LogP contribution in [0.1, 0.15) is 31.0 Å². The van der Waals surface area contributed by atoms with Crippen molar-refractivity contribution in [2.24, 2.45) is 4.99 Å². The summed E-state index contributed by atoms with van der Waals surface area (Å²) in [7, 11) is 1.45. The van der Waals surface area contributed by atoms with Crippen molar-refractivity contribution in [3.8, 4) is 11.5 Å². The Kier molecular flexibility index (Phi) is 6.97. The molecule has 1 N–H and O–H groups in total. The predicted molar refractivity (Wildman–Crippen MR) is 134 cm³/mol. The van der Waals surface area contributed by atoms with E-state index in [1.807, 2.05) is 0 Å². The first kappa shape index (κ1) is 24.3. The van der Waals surface area contributed by atoms with Crippen molar-refractivity contribution in [2.45, 2.75) is 19.9 Å². The van der Waals surface area contributed by atoms with Crippen molar-refractivity contribution >= 4 is 50.9 Å². The lowest BCUT2D eigenvalue weighted by atomic mass is 9.96. The van der Waals surface area contributed by atoms with Crippen LogP contribution in [0.3, 0.4) is 0 Å². The summed E-state index contributed by atoms with van der Waals surface area (Å²) in [4.78, 5) is 31.5. The molecule has 0 unspecified atom stereocenters. The number of carbonyl (C=O) groups is 1. The number of aromatic nitrogens is 1. The van der Waals surface area contributed by atoms with Gasteiger partial charge in [-0.15, -0.1) is 0 Å². The second-order valence-corrected chi connectivity index (χ2v) is 9.65. The maximum atomic E-state index is 13.6. The summed E-state index contributed by atoms with van der Waals surface area (Å²) in [6, 6.07) is 9.60. The topological polar surface area (TPSA) is 90.1 Å². The van der Waals surface area contributed by atoms with Gasteiger partial charge in [0.05, 0.1) is 34.0 Å². The summed E-state index contributed by atoms with van der Waals surface area (Å²) in [5.74, 6) is -0.313. The highest BCUT2D eigenvalue weighted by molar-refractivity contribution is 9.10. The van der Waals surface area contributed by atoms with E-state index >= 15 is 0 Å². The third kappa shape index (κ3) is 4.31. The number of benzene rings is 2. The monoisotopic (exact) mass is 562 g/mol. The average Bonchev–Trinajstić information content (AvgIpc) is 3.10. The Bertz CT molecular complexity index is 1510. The summed E-state index contributed by atoms with van der Waals surface area (Å²) >= 11 is 11.0. The molecule has 2 heterocycles. The molecule has 1 aliphatic heterocycles. The maximum absolute atomic E-state index is 13.6. The van der Waals surface area contributed by atoms with Crippen LogP contribution in [-0.2, 0) is 9.53 Å². The molecule has 0 spiro atoms. The number of nitrogens with zero attached hydrogens (tertiary/aromatic N) is 2. The van der Waals surface area contributed by atoms with Gasteiger partial charge in [0.2, 0.25) is 0 Å². The van der Waals surface area contributed by atoms with Gasteiger partial charge in [-0.25, -0.2) is 9.79 Å². The number of methoxy groups -OCH3 is 1. The number of thiazole rings is 1. The molecular formula is C24H20BrClN2O5S. The van der Waals surface area contributed by atoms with Gasteiger partial charge in [-0.2, -0.15) is 0 Å². The zero-order valence-corrected chi connectivity index (χ0v) is 21.6. The number of fused-ring (bicyclic) bond motifs is 1.